The minimum Gasteiger partial charge on any atom is -0.314 e. The summed E-state index contributed by atoms with van der Waals surface area (Å²) < 4.78 is 0. The van der Waals surface area contributed by atoms with Gasteiger partial charge in [-0.15, -0.1) is 0 Å². The minimum absolute atomic E-state index is 0.890. The Balaban J connectivity index is 1.96. The zero-order valence-electron chi connectivity index (χ0n) is 6.60. The fraction of sp³-hybridized carbons (Fsp3) is 1.00. The number of fused-ring (bicyclic) bond motifs is 2. The van der Waals surface area contributed by atoms with E-state index < -0.39 is 0 Å². The molecule has 1 heterocycles. The van der Waals surface area contributed by atoms with Crippen LogP contribution >= 0.6 is 0 Å². The molecule has 0 aromatic carbocycles. The molecule has 2 bridgehead atoms. The maximum atomic E-state index is 3.59. The van der Waals surface area contributed by atoms with E-state index >= 15 is 0 Å². The first kappa shape index (κ1) is 6.66. The van der Waals surface area contributed by atoms with Gasteiger partial charge >= 0.3 is 0 Å². The second kappa shape index (κ2) is 2.91. The zero-order chi connectivity index (χ0) is 6.81. The van der Waals surface area contributed by atoms with Crippen molar-refractivity contribution in [1.29, 1.82) is 0 Å². The van der Waals surface area contributed by atoms with E-state index in [0.717, 1.165) is 12.0 Å². The number of hydrogen-bond acceptors (Lipinski definition) is 1. The molecular weight excluding hydrogens is 122 g/mol. The van der Waals surface area contributed by atoms with E-state index in [1.165, 1.54) is 45.1 Å². The quantitative estimate of drug-likeness (QED) is 0.540. The lowest BCUT2D eigenvalue weighted by molar-refractivity contribution is 0.306. The van der Waals surface area contributed by atoms with Crippen molar-refractivity contribution >= 4 is 0 Å². The lowest BCUT2D eigenvalue weighted by Gasteiger charge is -2.27. The highest BCUT2D eigenvalue weighted by molar-refractivity contribution is 4.80. The van der Waals surface area contributed by atoms with Crippen molar-refractivity contribution in [2.75, 3.05) is 6.54 Å². The number of nitrogens with one attached hydrogen (secondary N) is 1. The molecule has 1 aliphatic heterocycles. The molecule has 2 rings (SSSR count). The van der Waals surface area contributed by atoms with E-state index in [1.807, 2.05) is 0 Å². The average molecular weight is 139 g/mol. The average Bonchev–Trinajstić information content (AvgIpc) is 2.12. The predicted octanol–water partition coefficient (Wildman–Crippen LogP) is 1.93. The molecule has 58 valence electrons. The van der Waals surface area contributed by atoms with Crippen LogP contribution in [0.15, 0.2) is 0 Å². The maximum absolute atomic E-state index is 3.59. The topological polar surface area (TPSA) is 12.0 Å². The van der Waals surface area contributed by atoms with E-state index in [-0.39, 0.29) is 0 Å². The van der Waals surface area contributed by atoms with Gasteiger partial charge in [0.2, 0.25) is 0 Å². The van der Waals surface area contributed by atoms with Crippen LogP contribution in [0.5, 0.6) is 0 Å². The minimum atomic E-state index is 0.890. The molecule has 0 amide bonds. The molecule has 1 saturated heterocycles. The van der Waals surface area contributed by atoms with Crippen molar-refractivity contribution in [3.8, 4) is 0 Å². The van der Waals surface area contributed by atoms with E-state index in [4.69, 9.17) is 0 Å². The maximum Gasteiger partial charge on any atom is 0.00697 e. The third-order valence-electron chi connectivity index (χ3n) is 3.02. The van der Waals surface area contributed by atoms with Crippen molar-refractivity contribution in [2.45, 2.75) is 44.6 Å². The van der Waals surface area contributed by atoms with Gasteiger partial charge in [-0.05, 0) is 31.7 Å². The monoisotopic (exact) mass is 139 g/mol. The summed E-state index contributed by atoms with van der Waals surface area (Å²) in [6, 6.07) is 0.890. The molecule has 2 aliphatic rings. The summed E-state index contributed by atoms with van der Waals surface area (Å²) in [4.78, 5) is 0. The van der Waals surface area contributed by atoms with E-state index in [2.05, 4.69) is 5.32 Å². The Bertz CT molecular complexity index is 99.3. The zero-order valence-corrected chi connectivity index (χ0v) is 6.60. The molecule has 1 saturated carbocycles. The Morgan fingerprint density at radius 1 is 1.00 bits per heavy atom. The number of hydrogen-bond donors (Lipinski definition) is 1. The fourth-order valence-electron chi connectivity index (χ4n) is 2.40. The Morgan fingerprint density at radius 2 is 1.90 bits per heavy atom. The van der Waals surface area contributed by atoms with E-state index in [0.29, 0.717) is 0 Å². The predicted molar refractivity (Wildman–Crippen MR) is 43.0 cm³/mol. The first-order valence-corrected chi connectivity index (χ1v) is 4.68. The van der Waals surface area contributed by atoms with Gasteiger partial charge in [-0.3, -0.25) is 0 Å². The largest absolute Gasteiger partial charge is 0.314 e. The van der Waals surface area contributed by atoms with Crippen LogP contribution in [0, 0.1) is 5.92 Å². The summed E-state index contributed by atoms with van der Waals surface area (Å²) in [5, 5.41) is 3.59. The summed E-state index contributed by atoms with van der Waals surface area (Å²) in [5.74, 6) is 1.08. The van der Waals surface area contributed by atoms with E-state index in [1.54, 1.807) is 0 Å². The van der Waals surface area contributed by atoms with Crippen molar-refractivity contribution in [2.24, 2.45) is 5.92 Å². The van der Waals surface area contributed by atoms with Gasteiger partial charge in [0.05, 0.1) is 0 Å². The summed E-state index contributed by atoms with van der Waals surface area (Å²) in [5.41, 5.74) is 0. The van der Waals surface area contributed by atoms with Crippen LogP contribution in [0.2, 0.25) is 0 Å². The van der Waals surface area contributed by atoms with Crippen LogP contribution in [0.3, 0.4) is 0 Å². The van der Waals surface area contributed by atoms with Crippen LogP contribution in [-0.4, -0.2) is 12.6 Å². The molecule has 2 unspecified atom stereocenters. The molecule has 1 heteroatoms. The molecule has 0 spiro atoms. The molecule has 2 fully saturated rings. The van der Waals surface area contributed by atoms with Gasteiger partial charge in [0.15, 0.2) is 0 Å². The lowest BCUT2D eigenvalue weighted by Crippen LogP contribution is -2.36. The van der Waals surface area contributed by atoms with Crippen molar-refractivity contribution < 1.29 is 0 Å². The smallest absolute Gasteiger partial charge is 0.00697 e. The molecule has 0 radical (unpaired) electrons. The third-order valence-corrected chi connectivity index (χ3v) is 3.02. The Kier molecular flexibility index (Phi) is 1.94. The highest BCUT2D eigenvalue weighted by atomic mass is 14.9. The van der Waals surface area contributed by atoms with Gasteiger partial charge in [-0.2, -0.15) is 0 Å². The van der Waals surface area contributed by atoms with Crippen LogP contribution in [-0.2, 0) is 0 Å². The Labute approximate surface area is 63.2 Å². The lowest BCUT2D eigenvalue weighted by atomic mass is 9.91. The summed E-state index contributed by atoms with van der Waals surface area (Å²) >= 11 is 0. The molecule has 1 nitrogen and oxygen atoms in total. The molecule has 0 aromatic rings. The summed E-state index contributed by atoms with van der Waals surface area (Å²) in [7, 11) is 0. The van der Waals surface area contributed by atoms with E-state index in [9.17, 15) is 0 Å². The highest BCUT2D eigenvalue weighted by Gasteiger charge is 2.23. The van der Waals surface area contributed by atoms with Gasteiger partial charge in [0.1, 0.15) is 0 Å². The summed E-state index contributed by atoms with van der Waals surface area (Å²) in [6.45, 7) is 1.29. The molecule has 2 atom stereocenters. The van der Waals surface area contributed by atoms with Gasteiger partial charge < -0.3 is 5.32 Å². The summed E-state index contributed by atoms with van der Waals surface area (Å²) in [6.07, 6.45) is 8.82. The van der Waals surface area contributed by atoms with Gasteiger partial charge in [-0.1, -0.05) is 19.3 Å². The number of rotatable bonds is 0. The molecule has 1 aliphatic carbocycles. The van der Waals surface area contributed by atoms with Gasteiger partial charge in [-0.25, -0.2) is 0 Å². The Hall–Kier alpha value is -0.0400. The van der Waals surface area contributed by atoms with Crippen LogP contribution in [0.4, 0.5) is 0 Å². The second-order valence-electron chi connectivity index (χ2n) is 3.83. The Morgan fingerprint density at radius 3 is 2.90 bits per heavy atom. The standard InChI is InChI=1S/C9H17N/c1-2-4-9-7-8(3-1)5-6-10-9/h8-10H,1-7H2. The molecular formula is C9H17N. The number of piperidine rings is 1. The van der Waals surface area contributed by atoms with Crippen molar-refractivity contribution in [1.82, 2.24) is 5.32 Å². The SMILES string of the molecule is C1CCC2CC(C1)CCN2. The van der Waals surface area contributed by atoms with Crippen molar-refractivity contribution in [3.63, 3.8) is 0 Å². The highest BCUT2D eigenvalue weighted by Crippen LogP contribution is 2.28. The molecule has 1 N–H and O–H groups in total. The van der Waals surface area contributed by atoms with Crippen LogP contribution < -0.4 is 5.32 Å². The van der Waals surface area contributed by atoms with Crippen molar-refractivity contribution in [3.05, 3.63) is 0 Å². The molecule has 0 aromatic heterocycles. The second-order valence-corrected chi connectivity index (χ2v) is 3.83. The first-order valence-electron chi connectivity index (χ1n) is 4.68. The molecule has 10 heavy (non-hydrogen) atoms. The van der Waals surface area contributed by atoms with Gasteiger partial charge in [0, 0.05) is 6.04 Å². The normalized spacial score (nSPS) is 40.8. The fourth-order valence-corrected chi connectivity index (χ4v) is 2.40. The van der Waals surface area contributed by atoms with Crippen LogP contribution in [0.25, 0.3) is 0 Å². The first-order chi connectivity index (χ1) is 4.95. The van der Waals surface area contributed by atoms with Gasteiger partial charge in [0.25, 0.3) is 0 Å². The third kappa shape index (κ3) is 1.34. The van der Waals surface area contributed by atoms with Crippen LogP contribution in [0.1, 0.15) is 38.5 Å².